The summed E-state index contributed by atoms with van der Waals surface area (Å²) in [6.45, 7) is 12.8. The first-order valence-electron chi connectivity index (χ1n) is 5.42. The number of rotatable bonds is 5. The zero-order chi connectivity index (χ0) is 11.4. The Bertz CT molecular complexity index is 158. The molecule has 0 spiro atoms. The van der Waals surface area contributed by atoms with Crippen molar-refractivity contribution in [1.29, 1.82) is 0 Å². The van der Waals surface area contributed by atoms with Crippen molar-refractivity contribution in [3.8, 4) is 0 Å². The number of hydrogen-bond acceptors (Lipinski definition) is 1. The van der Waals surface area contributed by atoms with E-state index in [0.29, 0.717) is 5.92 Å². The summed E-state index contributed by atoms with van der Waals surface area (Å²) in [5.74, 6) is 1.37. The quantitative estimate of drug-likeness (QED) is 0.630. The molecule has 86 valence electrons. The summed E-state index contributed by atoms with van der Waals surface area (Å²) in [5, 5.41) is 0. The highest BCUT2D eigenvalue weighted by Crippen LogP contribution is 2.27. The zero-order valence-electron chi connectivity index (χ0n) is 10.5. The van der Waals surface area contributed by atoms with Gasteiger partial charge >= 0.3 is 0 Å². The lowest BCUT2D eigenvalue weighted by Gasteiger charge is -2.35. The van der Waals surface area contributed by atoms with E-state index >= 15 is 0 Å². The van der Waals surface area contributed by atoms with Crippen molar-refractivity contribution in [2.75, 3.05) is 5.88 Å². The Labute approximate surface area is 94.2 Å². The Morgan fingerprint density at radius 1 is 1.14 bits per heavy atom. The van der Waals surface area contributed by atoms with Gasteiger partial charge in [0.1, 0.15) is 0 Å². The molecule has 0 rings (SSSR count). The van der Waals surface area contributed by atoms with Gasteiger partial charge in [-0.1, -0.05) is 6.92 Å². The van der Waals surface area contributed by atoms with E-state index in [1.807, 2.05) is 0 Å². The lowest BCUT2D eigenvalue weighted by atomic mass is 9.92. The monoisotopic (exact) mass is 220 g/mol. The van der Waals surface area contributed by atoms with Gasteiger partial charge in [0.2, 0.25) is 0 Å². The van der Waals surface area contributed by atoms with Crippen molar-refractivity contribution in [1.82, 2.24) is 0 Å². The van der Waals surface area contributed by atoms with Gasteiger partial charge in [-0.15, -0.1) is 11.6 Å². The van der Waals surface area contributed by atoms with E-state index in [-0.39, 0.29) is 11.2 Å². The van der Waals surface area contributed by atoms with Gasteiger partial charge in [0.05, 0.1) is 11.2 Å². The third kappa shape index (κ3) is 7.64. The SMILES string of the molecule is CC(CCCl)CC(C)(C)OC(C)(C)C. The maximum absolute atomic E-state index is 6.00. The fourth-order valence-electron chi connectivity index (χ4n) is 2.00. The summed E-state index contributed by atoms with van der Waals surface area (Å²) < 4.78 is 6.00. The fraction of sp³-hybridized carbons (Fsp3) is 1.00. The molecule has 0 N–H and O–H groups in total. The molecule has 0 aliphatic carbocycles. The molecule has 0 aromatic rings. The van der Waals surface area contributed by atoms with Crippen molar-refractivity contribution in [2.24, 2.45) is 5.92 Å². The lowest BCUT2D eigenvalue weighted by Crippen LogP contribution is -2.36. The molecule has 0 amide bonds. The number of halogens is 1. The number of ether oxygens (including phenoxy) is 1. The molecule has 1 unspecified atom stereocenters. The predicted molar refractivity (Wildman–Crippen MR) is 64.0 cm³/mol. The molecule has 0 heterocycles. The Kier molecular flexibility index (Phi) is 5.46. The second-order valence-electron chi connectivity index (χ2n) is 5.76. The van der Waals surface area contributed by atoms with Crippen LogP contribution in [0.25, 0.3) is 0 Å². The molecular formula is C12H25ClO. The summed E-state index contributed by atoms with van der Waals surface area (Å²) in [6.07, 6.45) is 2.13. The molecule has 0 aromatic heterocycles. The van der Waals surface area contributed by atoms with E-state index in [1.54, 1.807) is 0 Å². The van der Waals surface area contributed by atoms with Gasteiger partial charge in [0.15, 0.2) is 0 Å². The van der Waals surface area contributed by atoms with E-state index in [4.69, 9.17) is 16.3 Å². The summed E-state index contributed by atoms with van der Waals surface area (Å²) in [4.78, 5) is 0. The van der Waals surface area contributed by atoms with Gasteiger partial charge < -0.3 is 4.74 Å². The largest absolute Gasteiger partial charge is 0.370 e. The second kappa shape index (κ2) is 5.37. The molecule has 0 aliphatic rings. The standard InChI is InChI=1S/C12H25ClO/c1-10(7-8-13)9-12(5,6)14-11(2,3)4/h10H,7-9H2,1-6H3. The fourth-order valence-corrected chi connectivity index (χ4v) is 2.37. The normalized spacial score (nSPS) is 15.6. The third-order valence-corrected chi connectivity index (χ3v) is 2.24. The van der Waals surface area contributed by atoms with Crippen molar-refractivity contribution in [3.05, 3.63) is 0 Å². The van der Waals surface area contributed by atoms with Crippen LogP contribution in [0.2, 0.25) is 0 Å². The van der Waals surface area contributed by atoms with Crippen LogP contribution in [0.5, 0.6) is 0 Å². The summed E-state index contributed by atoms with van der Waals surface area (Å²) in [6, 6.07) is 0. The van der Waals surface area contributed by atoms with Gasteiger partial charge in [-0.05, 0) is 53.4 Å². The van der Waals surface area contributed by atoms with E-state index in [0.717, 1.165) is 18.7 Å². The molecular weight excluding hydrogens is 196 g/mol. The topological polar surface area (TPSA) is 9.23 Å². The zero-order valence-corrected chi connectivity index (χ0v) is 11.2. The Hall–Kier alpha value is 0.250. The molecule has 0 saturated heterocycles. The van der Waals surface area contributed by atoms with E-state index < -0.39 is 0 Å². The van der Waals surface area contributed by atoms with Crippen LogP contribution >= 0.6 is 11.6 Å². The maximum Gasteiger partial charge on any atom is 0.0636 e. The van der Waals surface area contributed by atoms with E-state index in [9.17, 15) is 0 Å². The van der Waals surface area contributed by atoms with Crippen molar-refractivity contribution in [3.63, 3.8) is 0 Å². The minimum absolute atomic E-state index is 0.0519. The predicted octanol–water partition coefficient (Wildman–Crippen LogP) is 4.24. The van der Waals surface area contributed by atoms with Crippen LogP contribution in [0, 0.1) is 5.92 Å². The van der Waals surface area contributed by atoms with Crippen LogP contribution in [0.1, 0.15) is 54.4 Å². The van der Waals surface area contributed by atoms with Crippen LogP contribution in [0.4, 0.5) is 0 Å². The smallest absolute Gasteiger partial charge is 0.0636 e. The van der Waals surface area contributed by atoms with Crippen LogP contribution in [-0.2, 0) is 4.74 Å². The van der Waals surface area contributed by atoms with E-state index in [1.165, 1.54) is 0 Å². The molecule has 0 fully saturated rings. The highest BCUT2D eigenvalue weighted by Gasteiger charge is 2.27. The highest BCUT2D eigenvalue weighted by atomic mass is 35.5. The molecule has 1 nitrogen and oxygen atoms in total. The van der Waals surface area contributed by atoms with Crippen molar-refractivity contribution < 1.29 is 4.74 Å². The Morgan fingerprint density at radius 3 is 2.00 bits per heavy atom. The molecule has 2 heteroatoms. The number of hydrogen-bond donors (Lipinski definition) is 0. The lowest BCUT2D eigenvalue weighted by molar-refractivity contribution is -0.121. The van der Waals surface area contributed by atoms with Crippen molar-refractivity contribution >= 4 is 11.6 Å². The van der Waals surface area contributed by atoms with Gasteiger partial charge in [-0.25, -0.2) is 0 Å². The molecule has 0 aliphatic heterocycles. The molecule has 0 bridgehead atoms. The van der Waals surface area contributed by atoms with Crippen LogP contribution in [0.15, 0.2) is 0 Å². The average molecular weight is 221 g/mol. The maximum atomic E-state index is 6.00. The molecule has 0 radical (unpaired) electrons. The molecule has 14 heavy (non-hydrogen) atoms. The first-order valence-corrected chi connectivity index (χ1v) is 5.96. The Balaban J connectivity index is 4.06. The van der Waals surface area contributed by atoms with Gasteiger partial charge in [-0.3, -0.25) is 0 Å². The first-order chi connectivity index (χ1) is 6.16. The molecule has 0 saturated carbocycles. The van der Waals surface area contributed by atoms with E-state index in [2.05, 4.69) is 41.5 Å². The average Bonchev–Trinajstić information content (AvgIpc) is 1.78. The Morgan fingerprint density at radius 2 is 1.64 bits per heavy atom. The van der Waals surface area contributed by atoms with Gasteiger partial charge in [0.25, 0.3) is 0 Å². The minimum atomic E-state index is -0.0653. The van der Waals surface area contributed by atoms with Crippen LogP contribution in [0.3, 0.4) is 0 Å². The molecule has 1 atom stereocenters. The summed E-state index contributed by atoms with van der Waals surface area (Å²) in [5.41, 5.74) is -0.117. The first kappa shape index (κ1) is 14.2. The van der Waals surface area contributed by atoms with Crippen LogP contribution < -0.4 is 0 Å². The van der Waals surface area contributed by atoms with Crippen molar-refractivity contribution in [2.45, 2.75) is 65.6 Å². The summed E-state index contributed by atoms with van der Waals surface area (Å²) in [7, 11) is 0. The van der Waals surface area contributed by atoms with Gasteiger partial charge in [-0.2, -0.15) is 0 Å². The molecule has 0 aromatic carbocycles. The number of alkyl halides is 1. The summed E-state index contributed by atoms with van der Waals surface area (Å²) >= 11 is 5.72. The highest BCUT2D eigenvalue weighted by molar-refractivity contribution is 6.17. The van der Waals surface area contributed by atoms with Gasteiger partial charge in [0, 0.05) is 5.88 Å². The van der Waals surface area contributed by atoms with Crippen LogP contribution in [-0.4, -0.2) is 17.1 Å². The third-order valence-electron chi connectivity index (χ3n) is 2.02. The second-order valence-corrected chi connectivity index (χ2v) is 6.14. The minimum Gasteiger partial charge on any atom is -0.370 e.